The highest BCUT2D eigenvalue weighted by Crippen LogP contribution is 2.12. The Morgan fingerprint density at radius 2 is 2.20 bits per heavy atom. The molecule has 84 valence electrons. The van der Waals surface area contributed by atoms with Crippen LogP contribution in [0, 0.1) is 0 Å². The average molecular weight is 211 g/mol. The number of hydrogen-bond donors (Lipinski definition) is 1. The van der Waals surface area contributed by atoms with Crippen LogP contribution in [0.3, 0.4) is 0 Å². The first-order valence-electron chi connectivity index (χ1n) is 5.32. The third kappa shape index (κ3) is 3.38. The zero-order chi connectivity index (χ0) is 11.3. The van der Waals surface area contributed by atoms with Crippen molar-refractivity contribution in [1.29, 1.82) is 0 Å². The van der Waals surface area contributed by atoms with E-state index in [1.54, 1.807) is 6.92 Å². The van der Waals surface area contributed by atoms with Gasteiger partial charge < -0.3 is 10.1 Å². The number of ether oxygens (including phenoxy) is 1. The van der Waals surface area contributed by atoms with E-state index in [0.717, 1.165) is 24.8 Å². The van der Waals surface area contributed by atoms with Gasteiger partial charge in [0.05, 0.1) is 0 Å². The summed E-state index contributed by atoms with van der Waals surface area (Å²) >= 11 is 0. The van der Waals surface area contributed by atoms with Crippen molar-refractivity contribution in [3.8, 4) is 0 Å². The van der Waals surface area contributed by atoms with Gasteiger partial charge in [0.2, 0.25) is 5.91 Å². The predicted octanol–water partition coefficient (Wildman–Crippen LogP) is 1.51. The third-order valence-corrected chi connectivity index (χ3v) is 2.32. The second-order valence-electron chi connectivity index (χ2n) is 3.74. The summed E-state index contributed by atoms with van der Waals surface area (Å²) in [6.45, 7) is 4.16. The van der Waals surface area contributed by atoms with Gasteiger partial charge in [-0.1, -0.05) is 19.8 Å². The molecule has 0 atom stereocenters. The summed E-state index contributed by atoms with van der Waals surface area (Å²) in [6.07, 6.45) is 3.45. The van der Waals surface area contributed by atoms with Gasteiger partial charge in [0.1, 0.15) is 12.3 Å². The van der Waals surface area contributed by atoms with Crippen molar-refractivity contribution in [3.63, 3.8) is 0 Å². The summed E-state index contributed by atoms with van der Waals surface area (Å²) in [5, 5.41) is 2.60. The monoisotopic (exact) mass is 211 g/mol. The smallest absolute Gasteiger partial charge is 0.355 e. The summed E-state index contributed by atoms with van der Waals surface area (Å²) in [7, 11) is 0. The first-order chi connectivity index (χ1) is 7.15. The molecule has 0 aromatic heterocycles. The maximum absolute atomic E-state index is 11.4. The van der Waals surface area contributed by atoms with Crippen LogP contribution in [-0.4, -0.2) is 18.5 Å². The summed E-state index contributed by atoms with van der Waals surface area (Å²) in [4.78, 5) is 22.6. The summed E-state index contributed by atoms with van der Waals surface area (Å²) in [5.41, 5.74) is 1.13. The van der Waals surface area contributed by atoms with Crippen molar-refractivity contribution in [2.75, 3.05) is 6.61 Å². The highest BCUT2D eigenvalue weighted by atomic mass is 16.5. The van der Waals surface area contributed by atoms with Crippen molar-refractivity contribution in [2.24, 2.45) is 0 Å². The Balaban J connectivity index is 2.38. The summed E-state index contributed by atoms with van der Waals surface area (Å²) in [6, 6.07) is 0. The lowest BCUT2D eigenvalue weighted by molar-refractivity contribution is -0.137. The molecule has 0 fully saturated rings. The van der Waals surface area contributed by atoms with Crippen LogP contribution in [0.4, 0.5) is 0 Å². The molecule has 4 heteroatoms. The molecule has 0 aromatic rings. The van der Waals surface area contributed by atoms with Crippen LogP contribution in [-0.2, 0) is 14.3 Å². The van der Waals surface area contributed by atoms with Crippen LogP contribution in [0.2, 0.25) is 0 Å². The Kier molecular flexibility index (Phi) is 4.34. The highest BCUT2D eigenvalue weighted by Gasteiger charge is 2.23. The van der Waals surface area contributed by atoms with Crippen molar-refractivity contribution in [1.82, 2.24) is 5.32 Å². The van der Waals surface area contributed by atoms with E-state index in [4.69, 9.17) is 4.74 Å². The number of carbonyl (C=O) groups is 2. The molecular weight excluding hydrogens is 194 g/mol. The van der Waals surface area contributed by atoms with Gasteiger partial charge in [-0.15, -0.1) is 0 Å². The third-order valence-electron chi connectivity index (χ3n) is 2.32. The maximum atomic E-state index is 11.4. The van der Waals surface area contributed by atoms with E-state index in [1.807, 2.05) is 0 Å². The zero-order valence-corrected chi connectivity index (χ0v) is 9.26. The molecule has 0 aliphatic carbocycles. The van der Waals surface area contributed by atoms with Crippen LogP contribution < -0.4 is 5.32 Å². The minimum absolute atomic E-state index is 0.100. The first kappa shape index (κ1) is 11.8. The molecule has 0 radical (unpaired) electrons. The van der Waals surface area contributed by atoms with Gasteiger partial charge in [0, 0.05) is 6.42 Å². The van der Waals surface area contributed by atoms with Gasteiger partial charge in [-0.3, -0.25) is 4.79 Å². The Hall–Kier alpha value is -1.32. The zero-order valence-electron chi connectivity index (χ0n) is 9.26. The first-order valence-corrected chi connectivity index (χ1v) is 5.32. The Labute approximate surface area is 89.7 Å². The van der Waals surface area contributed by atoms with Gasteiger partial charge in [-0.25, -0.2) is 4.79 Å². The van der Waals surface area contributed by atoms with Gasteiger partial charge in [0.25, 0.3) is 0 Å². The fraction of sp³-hybridized carbons (Fsp3) is 0.636. The molecule has 1 aliphatic heterocycles. The number of unbranched alkanes of at least 4 members (excludes halogenated alkanes) is 2. The van der Waals surface area contributed by atoms with Crippen LogP contribution in [0.5, 0.6) is 0 Å². The minimum Gasteiger partial charge on any atom is -0.456 e. The van der Waals surface area contributed by atoms with Gasteiger partial charge in [0.15, 0.2) is 0 Å². The van der Waals surface area contributed by atoms with Crippen LogP contribution in [0.1, 0.15) is 39.5 Å². The molecule has 0 saturated carbocycles. The normalized spacial score (nSPS) is 15.5. The predicted molar refractivity (Wildman–Crippen MR) is 55.9 cm³/mol. The summed E-state index contributed by atoms with van der Waals surface area (Å²) in [5.74, 6) is -0.520. The largest absolute Gasteiger partial charge is 0.456 e. The van der Waals surface area contributed by atoms with Crippen molar-refractivity contribution >= 4 is 11.9 Å². The number of esters is 1. The number of hydrogen-bond acceptors (Lipinski definition) is 3. The SMILES string of the molecule is CCCCCC(=O)NC1=C(C)COC1=O. The molecular formula is C11H17NO3. The minimum atomic E-state index is -0.420. The summed E-state index contributed by atoms with van der Waals surface area (Å²) < 4.78 is 4.78. The number of rotatable bonds is 5. The van der Waals surface area contributed by atoms with E-state index in [2.05, 4.69) is 12.2 Å². The van der Waals surface area contributed by atoms with E-state index in [0.29, 0.717) is 18.7 Å². The van der Waals surface area contributed by atoms with E-state index >= 15 is 0 Å². The lowest BCUT2D eigenvalue weighted by Crippen LogP contribution is -2.26. The quantitative estimate of drug-likeness (QED) is 0.554. The molecule has 0 spiro atoms. The second-order valence-corrected chi connectivity index (χ2v) is 3.74. The number of nitrogens with one attached hydrogen (secondary N) is 1. The molecule has 0 bridgehead atoms. The molecule has 0 aromatic carbocycles. The Morgan fingerprint density at radius 1 is 1.47 bits per heavy atom. The number of carbonyl (C=O) groups excluding carboxylic acids is 2. The number of cyclic esters (lactones) is 1. The van der Waals surface area contributed by atoms with E-state index in [9.17, 15) is 9.59 Å². The molecule has 1 N–H and O–H groups in total. The standard InChI is InChI=1S/C11H17NO3/c1-3-4-5-6-9(13)12-10-8(2)7-15-11(10)14/h3-7H2,1-2H3,(H,12,13). The maximum Gasteiger partial charge on any atom is 0.355 e. The molecule has 1 aliphatic rings. The lowest BCUT2D eigenvalue weighted by atomic mass is 10.2. The molecule has 4 nitrogen and oxygen atoms in total. The van der Waals surface area contributed by atoms with E-state index in [-0.39, 0.29) is 5.91 Å². The van der Waals surface area contributed by atoms with E-state index in [1.165, 1.54) is 0 Å². The van der Waals surface area contributed by atoms with Crippen LogP contribution >= 0.6 is 0 Å². The molecule has 15 heavy (non-hydrogen) atoms. The van der Waals surface area contributed by atoms with Gasteiger partial charge in [-0.05, 0) is 18.9 Å². The van der Waals surface area contributed by atoms with Crippen LogP contribution in [0.25, 0.3) is 0 Å². The second kappa shape index (κ2) is 5.53. The molecule has 1 rings (SSSR count). The lowest BCUT2D eigenvalue weighted by Gasteiger charge is -2.03. The van der Waals surface area contributed by atoms with Gasteiger partial charge in [-0.2, -0.15) is 0 Å². The van der Waals surface area contributed by atoms with Crippen molar-refractivity contribution < 1.29 is 14.3 Å². The fourth-order valence-electron chi connectivity index (χ4n) is 1.39. The fourth-order valence-corrected chi connectivity index (χ4v) is 1.39. The highest BCUT2D eigenvalue weighted by molar-refractivity contribution is 5.96. The average Bonchev–Trinajstić information content (AvgIpc) is 2.50. The molecule has 1 heterocycles. The van der Waals surface area contributed by atoms with Gasteiger partial charge >= 0.3 is 5.97 Å². The Morgan fingerprint density at radius 3 is 2.73 bits per heavy atom. The Bertz CT molecular complexity index is 294. The molecule has 0 unspecified atom stereocenters. The number of amides is 1. The van der Waals surface area contributed by atoms with E-state index < -0.39 is 5.97 Å². The topological polar surface area (TPSA) is 55.4 Å². The molecule has 1 amide bonds. The van der Waals surface area contributed by atoms with Crippen molar-refractivity contribution in [2.45, 2.75) is 39.5 Å². The molecule has 0 saturated heterocycles. The van der Waals surface area contributed by atoms with Crippen molar-refractivity contribution in [3.05, 3.63) is 11.3 Å². The van der Waals surface area contributed by atoms with Crippen LogP contribution in [0.15, 0.2) is 11.3 Å².